The van der Waals surface area contributed by atoms with Crippen molar-refractivity contribution in [2.24, 2.45) is 5.10 Å². The predicted molar refractivity (Wildman–Crippen MR) is 103 cm³/mol. The van der Waals surface area contributed by atoms with E-state index in [-0.39, 0.29) is 12.5 Å². The van der Waals surface area contributed by atoms with Crippen molar-refractivity contribution in [1.82, 2.24) is 5.43 Å². The smallest absolute Gasteiger partial charge is 0.277 e. The molecular weight excluding hydrogens is 312 g/mol. The van der Waals surface area contributed by atoms with Crippen LogP contribution in [-0.4, -0.2) is 18.7 Å². The zero-order valence-corrected chi connectivity index (χ0v) is 14.9. The molecule has 0 radical (unpaired) electrons. The summed E-state index contributed by atoms with van der Waals surface area (Å²) in [4.78, 5) is 11.8. The third-order valence-corrected chi connectivity index (χ3v) is 3.57. The van der Waals surface area contributed by atoms with Gasteiger partial charge in [0.2, 0.25) is 0 Å². The highest BCUT2D eigenvalue weighted by atomic mass is 16.5. The lowest BCUT2D eigenvalue weighted by Gasteiger charge is -2.08. The van der Waals surface area contributed by atoms with E-state index in [2.05, 4.69) is 24.4 Å². The van der Waals surface area contributed by atoms with Gasteiger partial charge in [0, 0.05) is 0 Å². The molecule has 1 N–H and O–H groups in total. The van der Waals surface area contributed by atoms with E-state index >= 15 is 0 Å². The molecule has 0 spiro atoms. The number of nitrogens with zero attached hydrogens (tertiary/aromatic N) is 1. The summed E-state index contributed by atoms with van der Waals surface area (Å²) in [5, 5.41) is 3.94. The maximum atomic E-state index is 11.8. The van der Waals surface area contributed by atoms with Gasteiger partial charge in [-0.1, -0.05) is 62.4 Å². The first-order chi connectivity index (χ1) is 12.0. The van der Waals surface area contributed by atoms with E-state index in [0.717, 1.165) is 11.1 Å². The Bertz CT molecular complexity index is 732. The number of hydrogen-bond donors (Lipinski definition) is 1. The van der Waals surface area contributed by atoms with Crippen molar-refractivity contribution in [3.63, 3.8) is 0 Å². The molecule has 0 saturated carbocycles. The summed E-state index contributed by atoms with van der Waals surface area (Å²) in [6, 6.07) is 17.7. The minimum atomic E-state index is -0.295. The van der Waals surface area contributed by atoms with Crippen LogP contribution < -0.4 is 10.2 Å². The number of ether oxygens (including phenoxy) is 1. The summed E-state index contributed by atoms with van der Waals surface area (Å²) in [7, 11) is 0. The van der Waals surface area contributed by atoms with Gasteiger partial charge in [0.1, 0.15) is 5.75 Å². The van der Waals surface area contributed by atoms with E-state index < -0.39 is 0 Å². The maximum absolute atomic E-state index is 11.8. The zero-order chi connectivity index (χ0) is 18.1. The number of hydrogen-bond acceptors (Lipinski definition) is 3. The van der Waals surface area contributed by atoms with Crippen molar-refractivity contribution in [2.45, 2.75) is 26.7 Å². The molecule has 0 aliphatic rings. The van der Waals surface area contributed by atoms with Crippen LogP contribution >= 0.6 is 0 Å². The van der Waals surface area contributed by atoms with Crippen molar-refractivity contribution >= 4 is 18.2 Å². The van der Waals surface area contributed by atoms with Gasteiger partial charge < -0.3 is 4.74 Å². The summed E-state index contributed by atoms with van der Waals surface area (Å²) in [6.45, 7) is 6.13. The van der Waals surface area contributed by atoms with E-state index in [1.54, 1.807) is 6.21 Å². The summed E-state index contributed by atoms with van der Waals surface area (Å²) < 4.78 is 5.46. The topological polar surface area (TPSA) is 50.7 Å². The summed E-state index contributed by atoms with van der Waals surface area (Å²) in [5.74, 6) is 0.847. The summed E-state index contributed by atoms with van der Waals surface area (Å²) in [6.07, 6.45) is 3.60. The van der Waals surface area contributed by atoms with Crippen molar-refractivity contribution in [2.75, 3.05) is 6.61 Å². The normalized spacial score (nSPS) is 11.8. The highest BCUT2D eigenvalue weighted by molar-refractivity contribution is 5.86. The van der Waals surface area contributed by atoms with Gasteiger partial charge in [-0.05, 0) is 41.7 Å². The number of amides is 1. The minimum Gasteiger partial charge on any atom is -0.484 e. The van der Waals surface area contributed by atoms with Crippen LogP contribution in [0.25, 0.3) is 6.08 Å². The Kier molecular flexibility index (Phi) is 6.96. The fraction of sp³-hybridized carbons (Fsp3) is 0.238. The zero-order valence-electron chi connectivity index (χ0n) is 14.9. The molecule has 0 unspecified atom stereocenters. The second-order valence-corrected chi connectivity index (χ2v) is 6.10. The number of nitrogens with one attached hydrogen (secondary N) is 1. The van der Waals surface area contributed by atoms with Gasteiger partial charge in [0.15, 0.2) is 6.61 Å². The van der Waals surface area contributed by atoms with Gasteiger partial charge in [0.25, 0.3) is 5.91 Å². The predicted octanol–water partition coefficient (Wildman–Crippen LogP) is 4.39. The van der Waals surface area contributed by atoms with Crippen molar-refractivity contribution in [3.05, 3.63) is 71.3 Å². The SMILES string of the molecule is CC(/C=N/NC(=O)COc1ccc(C(C)C)cc1)=C\c1ccccc1. The Morgan fingerprint density at radius 3 is 2.44 bits per heavy atom. The molecule has 0 fully saturated rings. The van der Waals surface area contributed by atoms with E-state index in [1.807, 2.05) is 67.6 Å². The molecular formula is C21H24N2O2. The third-order valence-electron chi connectivity index (χ3n) is 3.57. The largest absolute Gasteiger partial charge is 0.484 e. The van der Waals surface area contributed by atoms with Crippen LogP contribution in [0.3, 0.4) is 0 Å². The van der Waals surface area contributed by atoms with Crippen LogP contribution in [0.4, 0.5) is 0 Å². The first-order valence-corrected chi connectivity index (χ1v) is 8.32. The quantitative estimate of drug-likeness (QED) is 0.602. The lowest BCUT2D eigenvalue weighted by atomic mass is 10.0. The van der Waals surface area contributed by atoms with Gasteiger partial charge in [0.05, 0.1) is 6.21 Å². The summed E-state index contributed by atoms with van der Waals surface area (Å²) >= 11 is 0. The summed E-state index contributed by atoms with van der Waals surface area (Å²) in [5.41, 5.74) is 5.73. The molecule has 4 heteroatoms. The molecule has 0 aliphatic heterocycles. The van der Waals surface area contributed by atoms with E-state index in [9.17, 15) is 4.79 Å². The van der Waals surface area contributed by atoms with Gasteiger partial charge in [-0.25, -0.2) is 5.43 Å². The first-order valence-electron chi connectivity index (χ1n) is 8.32. The number of benzene rings is 2. The third kappa shape index (κ3) is 6.63. The Hall–Kier alpha value is -2.88. The molecule has 4 nitrogen and oxygen atoms in total. The molecule has 0 atom stereocenters. The van der Waals surface area contributed by atoms with Crippen molar-refractivity contribution in [3.8, 4) is 5.75 Å². The van der Waals surface area contributed by atoms with E-state index in [4.69, 9.17) is 4.74 Å². The Labute approximate surface area is 149 Å². The number of rotatable bonds is 7. The lowest BCUT2D eigenvalue weighted by Crippen LogP contribution is -2.24. The van der Waals surface area contributed by atoms with E-state index in [0.29, 0.717) is 11.7 Å². The standard InChI is InChI=1S/C21H24N2O2/c1-16(2)19-9-11-20(12-10-19)25-15-21(24)23-22-14-17(3)13-18-7-5-4-6-8-18/h4-14,16H,15H2,1-3H3,(H,23,24)/b17-13+,22-14+. The molecule has 1 amide bonds. The maximum Gasteiger partial charge on any atom is 0.277 e. The van der Waals surface area contributed by atoms with Gasteiger partial charge in [-0.3, -0.25) is 4.79 Å². The second-order valence-electron chi connectivity index (χ2n) is 6.10. The molecule has 2 rings (SSSR count). The molecule has 0 saturated heterocycles. The molecule has 25 heavy (non-hydrogen) atoms. The van der Waals surface area contributed by atoms with Gasteiger partial charge >= 0.3 is 0 Å². The Morgan fingerprint density at radius 2 is 1.80 bits per heavy atom. The Balaban J connectivity index is 1.77. The molecule has 2 aromatic rings. The highest BCUT2D eigenvalue weighted by Gasteiger charge is 2.03. The van der Waals surface area contributed by atoms with Crippen LogP contribution in [0, 0.1) is 0 Å². The Morgan fingerprint density at radius 1 is 1.12 bits per heavy atom. The molecule has 2 aromatic carbocycles. The van der Waals surface area contributed by atoms with Crippen LogP contribution in [0.1, 0.15) is 37.8 Å². The number of allylic oxidation sites excluding steroid dienone is 1. The van der Waals surface area contributed by atoms with E-state index in [1.165, 1.54) is 5.56 Å². The molecule has 0 aliphatic carbocycles. The second kappa shape index (κ2) is 9.42. The lowest BCUT2D eigenvalue weighted by molar-refractivity contribution is -0.123. The van der Waals surface area contributed by atoms with Crippen LogP contribution in [0.5, 0.6) is 5.75 Å². The number of hydrazone groups is 1. The van der Waals surface area contributed by atoms with Crippen LogP contribution in [0.2, 0.25) is 0 Å². The highest BCUT2D eigenvalue weighted by Crippen LogP contribution is 2.18. The average molecular weight is 336 g/mol. The average Bonchev–Trinajstić information content (AvgIpc) is 2.61. The van der Waals surface area contributed by atoms with Crippen molar-refractivity contribution in [1.29, 1.82) is 0 Å². The molecule has 0 heterocycles. The van der Waals surface area contributed by atoms with Gasteiger partial charge in [-0.2, -0.15) is 5.10 Å². The van der Waals surface area contributed by atoms with Crippen LogP contribution in [0.15, 0.2) is 65.3 Å². The number of carbonyl (C=O) groups excluding carboxylic acids is 1. The molecule has 130 valence electrons. The fourth-order valence-electron chi connectivity index (χ4n) is 2.19. The molecule has 0 aromatic heterocycles. The molecule has 0 bridgehead atoms. The monoisotopic (exact) mass is 336 g/mol. The first kappa shape index (κ1) is 18.5. The minimum absolute atomic E-state index is 0.0696. The number of carbonyl (C=O) groups is 1. The van der Waals surface area contributed by atoms with Crippen molar-refractivity contribution < 1.29 is 9.53 Å². The van der Waals surface area contributed by atoms with Crippen LogP contribution in [-0.2, 0) is 4.79 Å². The van der Waals surface area contributed by atoms with Gasteiger partial charge in [-0.15, -0.1) is 0 Å². The fourth-order valence-corrected chi connectivity index (χ4v) is 2.19.